The first kappa shape index (κ1) is 14.9. The van der Waals surface area contributed by atoms with Gasteiger partial charge in [0.2, 0.25) is 0 Å². The van der Waals surface area contributed by atoms with E-state index in [0.29, 0.717) is 30.3 Å². The van der Waals surface area contributed by atoms with Gasteiger partial charge < -0.3 is 10.2 Å². The molecular weight excluding hydrogens is 271 g/mol. The molecule has 110 valence electrons. The van der Waals surface area contributed by atoms with Crippen LogP contribution in [0.5, 0.6) is 0 Å². The highest BCUT2D eigenvalue weighted by Gasteiger charge is 2.14. The van der Waals surface area contributed by atoms with Crippen molar-refractivity contribution in [2.75, 3.05) is 18.4 Å². The van der Waals surface area contributed by atoms with Gasteiger partial charge in [-0.15, -0.1) is 10.2 Å². The van der Waals surface area contributed by atoms with Gasteiger partial charge >= 0.3 is 0 Å². The number of rotatable bonds is 5. The van der Waals surface area contributed by atoms with Crippen molar-refractivity contribution >= 4 is 17.4 Å². The molecule has 0 radical (unpaired) electrons. The third-order valence-corrected chi connectivity index (χ3v) is 3.05. The maximum absolute atomic E-state index is 12.8. The molecule has 2 rings (SSSR count). The van der Waals surface area contributed by atoms with Gasteiger partial charge in [0, 0.05) is 18.8 Å². The number of carbonyl (C=O) groups excluding carboxylic acids is 1. The average Bonchev–Trinajstić information content (AvgIpc) is 2.51. The van der Waals surface area contributed by atoms with E-state index in [0.717, 1.165) is 0 Å². The Hall–Kier alpha value is -2.50. The summed E-state index contributed by atoms with van der Waals surface area (Å²) in [5.74, 6) is 0.0605. The van der Waals surface area contributed by atoms with E-state index in [9.17, 15) is 9.18 Å². The zero-order chi connectivity index (χ0) is 15.2. The lowest BCUT2D eigenvalue weighted by atomic mass is 10.3. The van der Waals surface area contributed by atoms with E-state index in [1.165, 1.54) is 12.1 Å². The summed E-state index contributed by atoms with van der Waals surface area (Å²) >= 11 is 0. The van der Waals surface area contributed by atoms with Crippen LogP contribution >= 0.6 is 0 Å². The summed E-state index contributed by atoms with van der Waals surface area (Å²) in [5.41, 5.74) is 1.01. The van der Waals surface area contributed by atoms with Crippen LogP contribution in [0.4, 0.5) is 15.9 Å². The molecule has 0 fully saturated rings. The van der Waals surface area contributed by atoms with E-state index in [1.807, 2.05) is 13.8 Å². The SMILES string of the molecule is CCN(CC)C(=O)c1ccc(Nc2ccc(F)cc2)nn1. The molecule has 1 aromatic heterocycles. The lowest BCUT2D eigenvalue weighted by molar-refractivity contribution is 0.0766. The molecule has 21 heavy (non-hydrogen) atoms. The fourth-order valence-corrected chi connectivity index (χ4v) is 1.87. The second kappa shape index (κ2) is 6.78. The van der Waals surface area contributed by atoms with Crippen LogP contribution in [-0.4, -0.2) is 34.1 Å². The van der Waals surface area contributed by atoms with Crippen LogP contribution in [0.15, 0.2) is 36.4 Å². The van der Waals surface area contributed by atoms with Crippen LogP contribution in [0.1, 0.15) is 24.3 Å². The van der Waals surface area contributed by atoms with Crippen LogP contribution in [0, 0.1) is 5.82 Å². The van der Waals surface area contributed by atoms with Crippen LogP contribution in [0.2, 0.25) is 0 Å². The average molecular weight is 288 g/mol. The van der Waals surface area contributed by atoms with Gasteiger partial charge in [0.05, 0.1) is 0 Å². The van der Waals surface area contributed by atoms with Gasteiger partial charge in [0.1, 0.15) is 5.82 Å². The Morgan fingerprint density at radius 2 is 1.76 bits per heavy atom. The highest BCUT2D eigenvalue weighted by Crippen LogP contribution is 2.14. The molecule has 0 saturated heterocycles. The zero-order valence-electron chi connectivity index (χ0n) is 12.0. The molecule has 5 nitrogen and oxygen atoms in total. The van der Waals surface area contributed by atoms with Gasteiger partial charge in [-0.2, -0.15) is 0 Å². The summed E-state index contributed by atoms with van der Waals surface area (Å²) in [6.45, 7) is 5.10. The molecule has 0 atom stereocenters. The normalized spacial score (nSPS) is 10.2. The molecule has 1 heterocycles. The first-order valence-electron chi connectivity index (χ1n) is 6.79. The van der Waals surface area contributed by atoms with Crippen molar-refractivity contribution in [3.05, 3.63) is 47.9 Å². The summed E-state index contributed by atoms with van der Waals surface area (Å²) in [7, 11) is 0. The molecule has 0 bridgehead atoms. The number of anilines is 2. The molecule has 0 saturated carbocycles. The molecule has 0 unspecified atom stereocenters. The fraction of sp³-hybridized carbons (Fsp3) is 0.267. The largest absolute Gasteiger partial charge is 0.339 e. The van der Waals surface area contributed by atoms with Gasteiger partial charge in [-0.3, -0.25) is 4.79 Å². The molecule has 0 aliphatic heterocycles. The second-order valence-electron chi connectivity index (χ2n) is 4.41. The van der Waals surface area contributed by atoms with Crippen molar-refractivity contribution in [2.24, 2.45) is 0 Å². The van der Waals surface area contributed by atoms with Crippen LogP contribution in [-0.2, 0) is 0 Å². The van der Waals surface area contributed by atoms with Crippen LogP contribution < -0.4 is 5.32 Å². The Balaban J connectivity index is 2.08. The summed E-state index contributed by atoms with van der Waals surface area (Å²) in [6.07, 6.45) is 0. The molecular formula is C15H17FN4O. The maximum Gasteiger partial charge on any atom is 0.274 e. The topological polar surface area (TPSA) is 58.1 Å². The predicted octanol–water partition coefficient (Wildman–Crippen LogP) is 2.84. The summed E-state index contributed by atoms with van der Waals surface area (Å²) in [6, 6.07) is 9.21. The standard InChI is InChI=1S/C15H17FN4O/c1-3-20(4-2)15(21)13-9-10-14(19-18-13)17-12-7-5-11(16)6-8-12/h5-10H,3-4H2,1-2H3,(H,17,19). The smallest absolute Gasteiger partial charge is 0.274 e. The molecule has 0 aliphatic carbocycles. The number of carbonyl (C=O) groups is 1. The van der Waals surface area contributed by atoms with Gasteiger partial charge in [0.25, 0.3) is 5.91 Å². The van der Waals surface area contributed by atoms with E-state index >= 15 is 0 Å². The Morgan fingerprint density at radius 1 is 1.10 bits per heavy atom. The predicted molar refractivity (Wildman–Crippen MR) is 79.0 cm³/mol. The Kier molecular flexibility index (Phi) is 4.81. The van der Waals surface area contributed by atoms with Gasteiger partial charge in [-0.05, 0) is 50.2 Å². The monoisotopic (exact) mass is 288 g/mol. The Morgan fingerprint density at radius 3 is 2.29 bits per heavy atom. The fourth-order valence-electron chi connectivity index (χ4n) is 1.87. The Labute approximate surface area is 122 Å². The second-order valence-corrected chi connectivity index (χ2v) is 4.41. The number of benzene rings is 1. The minimum Gasteiger partial charge on any atom is -0.339 e. The quantitative estimate of drug-likeness (QED) is 0.919. The highest BCUT2D eigenvalue weighted by molar-refractivity contribution is 5.92. The van der Waals surface area contributed by atoms with E-state index in [1.54, 1.807) is 29.2 Å². The van der Waals surface area contributed by atoms with Gasteiger partial charge in [-0.25, -0.2) is 4.39 Å². The Bertz CT molecular complexity index is 594. The number of nitrogens with one attached hydrogen (secondary N) is 1. The van der Waals surface area contributed by atoms with Crippen LogP contribution in [0.3, 0.4) is 0 Å². The van der Waals surface area contributed by atoms with E-state index in [2.05, 4.69) is 15.5 Å². The van der Waals surface area contributed by atoms with Crippen molar-refractivity contribution in [3.8, 4) is 0 Å². The van der Waals surface area contributed by atoms with Crippen molar-refractivity contribution in [3.63, 3.8) is 0 Å². The van der Waals surface area contributed by atoms with E-state index in [-0.39, 0.29) is 11.7 Å². The van der Waals surface area contributed by atoms with Crippen LogP contribution in [0.25, 0.3) is 0 Å². The first-order valence-corrected chi connectivity index (χ1v) is 6.79. The van der Waals surface area contributed by atoms with E-state index in [4.69, 9.17) is 0 Å². The highest BCUT2D eigenvalue weighted by atomic mass is 19.1. The maximum atomic E-state index is 12.8. The number of amides is 1. The summed E-state index contributed by atoms with van der Waals surface area (Å²) in [4.78, 5) is 13.8. The molecule has 1 N–H and O–H groups in total. The third-order valence-electron chi connectivity index (χ3n) is 3.05. The summed E-state index contributed by atoms with van der Waals surface area (Å²) < 4.78 is 12.8. The van der Waals surface area contributed by atoms with Crippen molar-refractivity contribution in [2.45, 2.75) is 13.8 Å². The van der Waals surface area contributed by atoms with Crippen molar-refractivity contribution in [1.29, 1.82) is 0 Å². The zero-order valence-corrected chi connectivity index (χ0v) is 12.0. The number of aromatic nitrogens is 2. The van der Waals surface area contributed by atoms with Gasteiger partial charge in [0.15, 0.2) is 11.5 Å². The first-order chi connectivity index (χ1) is 10.1. The molecule has 1 aromatic carbocycles. The number of halogens is 1. The molecule has 0 aliphatic rings. The number of hydrogen-bond acceptors (Lipinski definition) is 4. The minimum atomic E-state index is -0.299. The van der Waals surface area contributed by atoms with Crippen molar-refractivity contribution in [1.82, 2.24) is 15.1 Å². The summed E-state index contributed by atoms with van der Waals surface area (Å²) in [5, 5.41) is 10.9. The third kappa shape index (κ3) is 3.75. The molecule has 0 spiro atoms. The molecule has 2 aromatic rings. The van der Waals surface area contributed by atoms with Gasteiger partial charge in [-0.1, -0.05) is 0 Å². The number of nitrogens with zero attached hydrogens (tertiary/aromatic N) is 3. The number of hydrogen-bond donors (Lipinski definition) is 1. The van der Waals surface area contributed by atoms with Crippen molar-refractivity contribution < 1.29 is 9.18 Å². The lowest BCUT2D eigenvalue weighted by Crippen LogP contribution is -2.31. The minimum absolute atomic E-state index is 0.138. The van der Waals surface area contributed by atoms with E-state index < -0.39 is 0 Å². The molecule has 6 heteroatoms. The lowest BCUT2D eigenvalue weighted by Gasteiger charge is -2.17. The molecule has 1 amide bonds.